The molecule has 0 saturated carbocycles. The van der Waals surface area contributed by atoms with Crippen LogP contribution in [-0.2, 0) is 4.79 Å². The summed E-state index contributed by atoms with van der Waals surface area (Å²) in [5.41, 5.74) is 3.64. The molecule has 6 heteroatoms. The van der Waals surface area contributed by atoms with Crippen molar-refractivity contribution in [1.82, 2.24) is 4.90 Å². The number of benzene rings is 2. The summed E-state index contributed by atoms with van der Waals surface area (Å²) in [6.07, 6.45) is 0.223. The van der Waals surface area contributed by atoms with E-state index in [9.17, 15) is 14.4 Å². The van der Waals surface area contributed by atoms with Gasteiger partial charge in [0.2, 0.25) is 5.91 Å². The first-order valence-electron chi connectivity index (χ1n) is 8.71. The van der Waals surface area contributed by atoms with Crippen molar-refractivity contribution in [2.24, 2.45) is 0 Å². The van der Waals surface area contributed by atoms with Gasteiger partial charge in [-0.05, 0) is 36.8 Å². The second-order valence-corrected chi connectivity index (χ2v) is 7.68. The van der Waals surface area contributed by atoms with Crippen LogP contribution in [0.4, 0.5) is 10.1 Å². The van der Waals surface area contributed by atoms with E-state index in [2.05, 4.69) is 23.1 Å². The van der Waals surface area contributed by atoms with E-state index in [0.29, 0.717) is 18.1 Å². The van der Waals surface area contributed by atoms with Gasteiger partial charge in [-0.1, -0.05) is 41.6 Å². The number of nitriles is 1. The van der Waals surface area contributed by atoms with Crippen molar-refractivity contribution < 1.29 is 9.18 Å². The first kappa shape index (κ1) is 17.6. The van der Waals surface area contributed by atoms with Gasteiger partial charge in [-0.15, -0.1) is 0 Å². The fourth-order valence-corrected chi connectivity index (χ4v) is 4.63. The molecule has 1 saturated heterocycles. The van der Waals surface area contributed by atoms with Gasteiger partial charge in [0.05, 0.1) is 29.2 Å². The van der Waals surface area contributed by atoms with E-state index in [4.69, 9.17) is 0 Å². The topological polar surface area (TPSA) is 47.3 Å². The van der Waals surface area contributed by atoms with E-state index in [-0.39, 0.29) is 24.1 Å². The Morgan fingerprint density at radius 3 is 2.52 bits per heavy atom. The Bertz CT molecular complexity index is 947. The minimum absolute atomic E-state index is 0.0114. The molecule has 27 heavy (non-hydrogen) atoms. The smallest absolute Gasteiger partial charge is 0.229 e. The summed E-state index contributed by atoms with van der Waals surface area (Å²) in [5.74, 6) is 0.0219. The molecule has 0 N–H and O–H groups in total. The fourth-order valence-electron chi connectivity index (χ4n) is 3.46. The van der Waals surface area contributed by atoms with Crippen LogP contribution < -0.4 is 4.90 Å². The molecule has 0 aliphatic carbocycles. The molecule has 136 valence electrons. The van der Waals surface area contributed by atoms with E-state index in [1.165, 1.54) is 29.5 Å². The highest BCUT2D eigenvalue weighted by Gasteiger charge is 2.38. The van der Waals surface area contributed by atoms with E-state index < -0.39 is 0 Å². The van der Waals surface area contributed by atoms with Crippen LogP contribution in [-0.4, -0.2) is 23.4 Å². The van der Waals surface area contributed by atoms with Gasteiger partial charge >= 0.3 is 0 Å². The van der Waals surface area contributed by atoms with E-state index in [0.717, 1.165) is 16.3 Å². The summed E-state index contributed by atoms with van der Waals surface area (Å²) in [7, 11) is 0. The minimum atomic E-state index is -0.325. The average molecular weight is 379 g/mol. The zero-order valence-electron chi connectivity index (χ0n) is 14.9. The van der Waals surface area contributed by atoms with E-state index in [1.54, 1.807) is 17.0 Å². The van der Waals surface area contributed by atoms with Crippen LogP contribution in [0.1, 0.15) is 23.5 Å². The minimum Gasteiger partial charge on any atom is -0.344 e. The first-order chi connectivity index (χ1) is 13.1. The van der Waals surface area contributed by atoms with Crippen LogP contribution in [0.25, 0.3) is 0 Å². The third kappa shape index (κ3) is 3.31. The van der Waals surface area contributed by atoms with Crippen molar-refractivity contribution in [3.8, 4) is 6.07 Å². The number of fused-ring (bicyclic) bond motifs is 1. The lowest BCUT2D eigenvalue weighted by atomic mass is 9.86. The molecule has 2 aliphatic rings. The molecule has 4 nitrogen and oxygen atoms in total. The number of amides is 1. The number of thioether (sulfide) groups is 1. The zero-order chi connectivity index (χ0) is 19.0. The molecular weight excluding hydrogens is 361 g/mol. The van der Waals surface area contributed by atoms with Crippen LogP contribution in [0.2, 0.25) is 0 Å². The summed E-state index contributed by atoms with van der Waals surface area (Å²) >= 11 is 1.51. The van der Waals surface area contributed by atoms with Crippen LogP contribution in [0, 0.1) is 24.1 Å². The van der Waals surface area contributed by atoms with Crippen molar-refractivity contribution in [3.63, 3.8) is 0 Å². The Morgan fingerprint density at radius 1 is 1.15 bits per heavy atom. The van der Waals surface area contributed by atoms with Gasteiger partial charge in [0.15, 0.2) is 0 Å². The van der Waals surface area contributed by atoms with Crippen LogP contribution >= 0.6 is 11.8 Å². The Labute approximate surface area is 161 Å². The van der Waals surface area contributed by atoms with Crippen molar-refractivity contribution in [1.29, 1.82) is 5.26 Å². The second kappa shape index (κ2) is 7.09. The quantitative estimate of drug-likeness (QED) is 0.778. The Balaban J connectivity index is 1.65. The lowest BCUT2D eigenvalue weighted by Crippen LogP contribution is -2.47. The number of hydrogen-bond acceptors (Lipinski definition) is 4. The number of halogens is 1. The lowest BCUT2D eigenvalue weighted by molar-refractivity contribution is -0.129. The molecule has 0 unspecified atom stereocenters. The molecule has 4 rings (SSSR count). The van der Waals surface area contributed by atoms with Crippen molar-refractivity contribution >= 4 is 23.4 Å². The molecule has 2 heterocycles. The molecule has 2 aliphatic heterocycles. The molecule has 1 amide bonds. The highest BCUT2D eigenvalue weighted by molar-refractivity contribution is 8.03. The standard InChI is InChI=1S/C21H18FN3OS/c1-14-2-8-17(9-3-14)24-12-25-20(26)10-18(15-4-6-16(22)7-5-15)19(11-23)21(25)27-13-24/h2-9,18H,10,12-13H2,1H3/t18-/m1/s1. The van der Waals surface area contributed by atoms with Gasteiger partial charge in [0.25, 0.3) is 0 Å². The molecule has 1 fully saturated rings. The number of hydrogen-bond donors (Lipinski definition) is 0. The van der Waals surface area contributed by atoms with Gasteiger partial charge in [-0.3, -0.25) is 9.69 Å². The Hall–Kier alpha value is -2.78. The maximum Gasteiger partial charge on any atom is 0.229 e. The number of carbonyl (C=O) groups excluding carboxylic acids is 1. The highest BCUT2D eigenvalue weighted by Crippen LogP contribution is 2.43. The predicted octanol–water partition coefficient (Wildman–Crippen LogP) is 4.35. The molecule has 2 aromatic carbocycles. The summed E-state index contributed by atoms with van der Waals surface area (Å²) in [5, 5.41) is 10.5. The van der Waals surface area contributed by atoms with Crippen molar-refractivity contribution in [2.75, 3.05) is 17.4 Å². The van der Waals surface area contributed by atoms with Gasteiger partial charge in [0, 0.05) is 18.0 Å². The number of nitrogens with zero attached hydrogens (tertiary/aromatic N) is 3. The van der Waals surface area contributed by atoms with E-state index >= 15 is 0 Å². The van der Waals surface area contributed by atoms with Crippen LogP contribution in [0.5, 0.6) is 0 Å². The maximum atomic E-state index is 13.2. The Kier molecular flexibility index (Phi) is 4.63. The Morgan fingerprint density at radius 2 is 1.85 bits per heavy atom. The maximum absolute atomic E-state index is 13.2. The predicted molar refractivity (Wildman–Crippen MR) is 104 cm³/mol. The second-order valence-electron chi connectivity index (χ2n) is 6.75. The highest BCUT2D eigenvalue weighted by atomic mass is 32.2. The summed E-state index contributed by atoms with van der Waals surface area (Å²) in [6, 6.07) is 16.6. The van der Waals surface area contributed by atoms with Gasteiger partial charge < -0.3 is 4.90 Å². The summed E-state index contributed by atoms with van der Waals surface area (Å²) in [4.78, 5) is 16.7. The fraction of sp³-hybridized carbons (Fsp3) is 0.238. The molecular formula is C21H18FN3OS. The summed E-state index contributed by atoms with van der Waals surface area (Å²) < 4.78 is 13.2. The molecule has 0 bridgehead atoms. The first-order valence-corrected chi connectivity index (χ1v) is 9.70. The largest absolute Gasteiger partial charge is 0.344 e. The third-order valence-corrected chi connectivity index (χ3v) is 6.12. The molecule has 0 aromatic heterocycles. The molecule has 0 spiro atoms. The van der Waals surface area contributed by atoms with Crippen molar-refractivity contribution in [3.05, 3.63) is 76.1 Å². The normalized spacial score (nSPS) is 19.7. The number of allylic oxidation sites excluding steroid dienone is 1. The van der Waals surface area contributed by atoms with Crippen molar-refractivity contribution in [2.45, 2.75) is 19.3 Å². The van der Waals surface area contributed by atoms with Crippen LogP contribution in [0.15, 0.2) is 59.1 Å². The van der Waals surface area contributed by atoms with Crippen LogP contribution in [0.3, 0.4) is 0 Å². The number of anilines is 1. The summed E-state index contributed by atoms with van der Waals surface area (Å²) in [6.45, 7) is 2.48. The number of aryl methyl sites for hydroxylation is 1. The molecule has 1 atom stereocenters. The monoisotopic (exact) mass is 379 g/mol. The zero-order valence-corrected chi connectivity index (χ0v) is 15.7. The lowest BCUT2D eigenvalue weighted by Gasteiger charge is -2.42. The van der Waals surface area contributed by atoms with E-state index in [1.807, 2.05) is 19.1 Å². The third-order valence-electron chi connectivity index (χ3n) is 4.97. The van der Waals surface area contributed by atoms with Gasteiger partial charge in [-0.25, -0.2) is 4.39 Å². The number of rotatable bonds is 2. The van der Waals surface area contributed by atoms with Gasteiger partial charge in [-0.2, -0.15) is 5.26 Å². The molecule has 2 aromatic rings. The average Bonchev–Trinajstić information content (AvgIpc) is 2.69. The van der Waals surface area contributed by atoms with Gasteiger partial charge in [0.1, 0.15) is 5.82 Å². The number of carbonyl (C=O) groups is 1. The molecule has 0 radical (unpaired) electrons. The SMILES string of the molecule is Cc1ccc(N2CSC3=C(C#N)[C@@H](c4ccc(F)cc4)CC(=O)N3C2)cc1.